The van der Waals surface area contributed by atoms with E-state index in [9.17, 15) is 18.4 Å². The Kier molecular flexibility index (Phi) is 4.37. The molecule has 0 N–H and O–H groups in total. The molecule has 3 nitrogen and oxygen atoms in total. The lowest BCUT2D eigenvalue weighted by Gasteiger charge is -2.10. The number of nitriles is 2. The van der Waals surface area contributed by atoms with Crippen molar-refractivity contribution in [2.24, 2.45) is 0 Å². The molecule has 1 aromatic carbocycles. The fraction of sp³-hybridized carbons (Fsp3) is 0.143. The Balaban J connectivity index is 2.65. The van der Waals surface area contributed by atoms with Gasteiger partial charge in [0.1, 0.15) is 17.8 Å². The topological polar surface area (TPSA) is 52.5 Å². The average Bonchev–Trinajstić information content (AvgIpc) is 2.71. The SMILES string of the molecule is N#CCn1c(Cl)c(Cl)c(C#N)c1-c1ccc(C(F)(F)F)cc1. The van der Waals surface area contributed by atoms with Crippen LogP contribution in [0, 0.1) is 22.7 Å². The van der Waals surface area contributed by atoms with E-state index in [1.165, 1.54) is 16.7 Å². The molecule has 0 atom stereocenters. The van der Waals surface area contributed by atoms with Gasteiger partial charge in [0.2, 0.25) is 0 Å². The van der Waals surface area contributed by atoms with E-state index in [4.69, 9.17) is 28.5 Å². The van der Waals surface area contributed by atoms with E-state index in [0.29, 0.717) is 5.56 Å². The number of hydrogen-bond acceptors (Lipinski definition) is 2. The van der Waals surface area contributed by atoms with Crippen molar-refractivity contribution in [1.29, 1.82) is 10.5 Å². The molecule has 0 fully saturated rings. The van der Waals surface area contributed by atoms with Crippen LogP contribution in [0.1, 0.15) is 11.1 Å². The second-order valence-electron chi connectivity index (χ2n) is 4.26. The zero-order chi connectivity index (χ0) is 16.5. The Morgan fingerprint density at radius 1 is 1.09 bits per heavy atom. The molecule has 0 bridgehead atoms. The van der Waals surface area contributed by atoms with Gasteiger partial charge < -0.3 is 4.57 Å². The van der Waals surface area contributed by atoms with Gasteiger partial charge in [-0.05, 0) is 17.7 Å². The van der Waals surface area contributed by atoms with Crippen LogP contribution in [-0.2, 0) is 12.7 Å². The summed E-state index contributed by atoms with van der Waals surface area (Å²) in [6.45, 7) is -0.184. The van der Waals surface area contributed by atoms with E-state index in [2.05, 4.69) is 0 Å². The zero-order valence-electron chi connectivity index (χ0n) is 10.7. The van der Waals surface area contributed by atoms with Crippen LogP contribution >= 0.6 is 23.2 Å². The number of hydrogen-bond donors (Lipinski definition) is 0. The summed E-state index contributed by atoms with van der Waals surface area (Å²) in [4.78, 5) is 0. The molecule has 0 amide bonds. The first-order valence-electron chi connectivity index (χ1n) is 5.83. The average molecular weight is 344 g/mol. The Bertz CT molecular complexity index is 793. The number of halogens is 5. The van der Waals surface area contributed by atoms with E-state index < -0.39 is 11.7 Å². The number of rotatable bonds is 2. The number of benzene rings is 1. The normalized spacial score (nSPS) is 11.0. The lowest BCUT2D eigenvalue weighted by Crippen LogP contribution is -2.05. The van der Waals surface area contributed by atoms with Crippen LogP contribution < -0.4 is 0 Å². The number of nitrogens with zero attached hydrogens (tertiary/aromatic N) is 3. The number of aromatic nitrogens is 1. The van der Waals surface area contributed by atoms with Gasteiger partial charge in [0.25, 0.3) is 0 Å². The molecule has 2 aromatic rings. The monoisotopic (exact) mass is 343 g/mol. The van der Waals surface area contributed by atoms with E-state index in [-0.39, 0.29) is 28.0 Å². The minimum absolute atomic E-state index is 0.00494. The van der Waals surface area contributed by atoms with Gasteiger partial charge in [-0.15, -0.1) is 0 Å². The molecule has 0 radical (unpaired) electrons. The predicted octanol–water partition coefficient (Wildman–Crippen LogP) is 4.88. The summed E-state index contributed by atoms with van der Waals surface area (Å²) in [5.41, 5.74) is -0.270. The van der Waals surface area contributed by atoms with E-state index >= 15 is 0 Å². The first-order chi connectivity index (χ1) is 10.3. The summed E-state index contributed by atoms with van der Waals surface area (Å²) >= 11 is 11.9. The molecule has 2 rings (SSSR count). The fourth-order valence-corrected chi connectivity index (χ4v) is 2.47. The maximum atomic E-state index is 12.6. The smallest absolute Gasteiger partial charge is 0.315 e. The summed E-state index contributed by atoms with van der Waals surface area (Å²) in [6.07, 6.45) is -4.46. The Morgan fingerprint density at radius 3 is 2.14 bits per heavy atom. The first kappa shape index (κ1) is 16.2. The molecule has 0 spiro atoms. The molecular formula is C14H6Cl2F3N3. The Labute approximate surface area is 133 Å². The highest BCUT2D eigenvalue weighted by molar-refractivity contribution is 6.42. The van der Waals surface area contributed by atoms with Crippen molar-refractivity contribution >= 4 is 23.2 Å². The summed E-state index contributed by atoms with van der Waals surface area (Å²) in [6, 6.07) is 7.92. The molecule has 0 aliphatic rings. The van der Waals surface area contributed by atoms with Gasteiger partial charge in [0.05, 0.1) is 27.9 Å². The third kappa shape index (κ3) is 2.76. The van der Waals surface area contributed by atoms with Crippen LogP contribution in [0.5, 0.6) is 0 Å². The molecule has 0 saturated carbocycles. The van der Waals surface area contributed by atoms with Crippen LogP contribution in [0.3, 0.4) is 0 Å². The molecule has 8 heteroatoms. The maximum Gasteiger partial charge on any atom is 0.416 e. The molecule has 1 heterocycles. The fourth-order valence-electron chi connectivity index (χ4n) is 2.00. The molecule has 0 saturated heterocycles. The molecule has 0 aliphatic carbocycles. The summed E-state index contributed by atoms with van der Waals surface area (Å²) in [5, 5.41) is 18.0. The van der Waals surface area contributed by atoms with Crippen molar-refractivity contribution in [2.45, 2.75) is 12.7 Å². The molecule has 112 valence electrons. The van der Waals surface area contributed by atoms with Gasteiger partial charge in [-0.3, -0.25) is 0 Å². The van der Waals surface area contributed by atoms with Crippen molar-refractivity contribution in [3.05, 3.63) is 45.6 Å². The lowest BCUT2D eigenvalue weighted by atomic mass is 10.1. The summed E-state index contributed by atoms with van der Waals surface area (Å²) in [7, 11) is 0. The maximum absolute atomic E-state index is 12.6. The Morgan fingerprint density at radius 2 is 1.68 bits per heavy atom. The molecule has 22 heavy (non-hydrogen) atoms. The molecule has 1 aromatic heterocycles. The molecular weight excluding hydrogens is 338 g/mol. The summed E-state index contributed by atoms with van der Waals surface area (Å²) < 4.78 is 39.1. The van der Waals surface area contributed by atoms with Crippen LogP contribution in [-0.4, -0.2) is 4.57 Å². The quantitative estimate of drug-likeness (QED) is 0.780. The van der Waals surface area contributed by atoms with Crippen molar-refractivity contribution in [2.75, 3.05) is 0 Å². The van der Waals surface area contributed by atoms with Crippen molar-refractivity contribution < 1.29 is 13.2 Å². The van der Waals surface area contributed by atoms with Crippen LogP contribution in [0.25, 0.3) is 11.3 Å². The third-order valence-corrected chi connectivity index (χ3v) is 3.83. The van der Waals surface area contributed by atoms with E-state index in [0.717, 1.165) is 12.1 Å². The highest BCUT2D eigenvalue weighted by Crippen LogP contribution is 2.38. The van der Waals surface area contributed by atoms with Gasteiger partial charge in [0.15, 0.2) is 0 Å². The highest BCUT2D eigenvalue weighted by atomic mass is 35.5. The van der Waals surface area contributed by atoms with E-state index in [1.807, 2.05) is 12.1 Å². The highest BCUT2D eigenvalue weighted by Gasteiger charge is 2.30. The minimum atomic E-state index is -4.46. The second-order valence-corrected chi connectivity index (χ2v) is 5.00. The van der Waals surface area contributed by atoms with Gasteiger partial charge >= 0.3 is 6.18 Å². The number of alkyl halides is 3. The second kappa shape index (κ2) is 5.92. The van der Waals surface area contributed by atoms with Gasteiger partial charge in [0, 0.05) is 0 Å². The van der Waals surface area contributed by atoms with E-state index in [1.54, 1.807) is 0 Å². The molecule has 0 aliphatic heterocycles. The predicted molar refractivity (Wildman–Crippen MR) is 75.2 cm³/mol. The third-order valence-electron chi connectivity index (χ3n) is 2.97. The largest absolute Gasteiger partial charge is 0.416 e. The van der Waals surface area contributed by atoms with Crippen molar-refractivity contribution in [3.8, 4) is 23.4 Å². The lowest BCUT2D eigenvalue weighted by molar-refractivity contribution is -0.137. The van der Waals surface area contributed by atoms with Gasteiger partial charge in [-0.1, -0.05) is 35.3 Å². The van der Waals surface area contributed by atoms with Crippen LogP contribution in [0.15, 0.2) is 24.3 Å². The van der Waals surface area contributed by atoms with Crippen molar-refractivity contribution in [1.82, 2.24) is 4.57 Å². The zero-order valence-corrected chi connectivity index (χ0v) is 12.3. The Hall–Kier alpha value is -2.15. The van der Waals surface area contributed by atoms with Crippen LogP contribution in [0.4, 0.5) is 13.2 Å². The first-order valence-corrected chi connectivity index (χ1v) is 6.59. The van der Waals surface area contributed by atoms with Crippen LogP contribution in [0.2, 0.25) is 10.2 Å². The minimum Gasteiger partial charge on any atom is -0.315 e. The van der Waals surface area contributed by atoms with Gasteiger partial charge in [-0.2, -0.15) is 23.7 Å². The van der Waals surface area contributed by atoms with Gasteiger partial charge in [-0.25, -0.2) is 0 Å². The van der Waals surface area contributed by atoms with Crippen molar-refractivity contribution in [3.63, 3.8) is 0 Å². The standard InChI is InChI=1S/C14H6Cl2F3N3/c15-11-10(7-21)12(22(6-5-20)13(11)16)8-1-3-9(4-2-8)14(17,18)19/h1-4H,6H2. The molecule has 0 unspecified atom stereocenters. The summed E-state index contributed by atoms with van der Waals surface area (Å²) in [5.74, 6) is 0.